The summed E-state index contributed by atoms with van der Waals surface area (Å²) in [4.78, 5) is 0. The van der Waals surface area contributed by atoms with Gasteiger partial charge in [-0.15, -0.1) is 0 Å². The molecule has 0 fully saturated rings. The zero-order valence-corrected chi connectivity index (χ0v) is 8.86. The monoisotopic (exact) mass is 236 g/mol. The molecule has 0 aliphatic heterocycles. The summed E-state index contributed by atoms with van der Waals surface area (Å²) in [5, 5.41) is 8.93. The van der Waals surface area contributed by atoms with Gasteiger partial charge in [-0.3, -0.25) is 0 Å². The first kappa shape index (κ1) is 11.5. The maximum absolute atomic E-state index is 13.4. The van der Waals surface area contributed by atoms with Crippen molar-refractivity contribution in [2.45, 2.75) is 6.61 Å². The third-order valence-electron chi connectivity index (χ3n) is 2.20. The third kappa shape index (κ3) is 2.79. The van der Waals surface area contributed by atoms with Gasteiger partial charge in [0.2, 0.25) is 0 Å². The van der Waals surface area contributed by atoms with E-state index in [0.717, 1.165) is 6.07 Å². The second-order valence-electron chi connectivity index (χ2n) is 3.48. The second kappa shape index (κ2) is 4.93. The molecule has 0 atom stereocenters. The smallest absolute Gasteiger partial charge is 0.165 e. The molecule has 2 rings (SSSR count). The zero-order chi connectivity index (χ0) is 12.3. The van der Waals surface area contributed by atoms with Crippen LogP contribution in [0, 0.1) is 11.6 Å². The summed E-state index contributed by atoms with van der Waals surface area (Å²) in [5.74, 6) is -0.853. The summed E-state index contributed by atoms with van der Waals surface area (Å²) < 4.78 is 31.5. The van der Waals surface area contributed by atoms with Gasteiger partial charge in [-0.1, -0.05) is 12.1 Å². The lowest BCUT2D eigenvalue weighted by atomic mass is 10.2. The van der Waals surface area contributed by atoms with Crippen molar-refractivity contribution < 1.29 is 18.6 Å². The van der Waals surface area contributed by atoms with Crippen LogP contribution in [0.15, 0.2) is 42.5 Å². The van der Waals surface area contributed by atoms with Crippen LogP contribution < -0.4 is 4.74 Å². The average molecular weight is 236 g/mol. The van der Waals surface area contributed by atoms with Gasteiger partial charge in [0.15, 0.2) is 11.6 Å². The molecule has 0 heterocycles. The highest BCUT2D eigenvalue weighted by Crippen LogP contribution is 2.25. The molecule has 2 nitrogen and oxygen atoms in total. The van der Waals surface area contributed by atoms with Gasteiger partial charge in [-0.25, -0.2) is 8.78 Å². The molecule has 0 aliphatic carbocycles. The lowest BCUT2D eigenvalue weighted by molar-refractivity contribution is 0.281. The minimum Gasteiger partial charge on any atom is -0.454 e. The first-order chi connectivity index (χ1) is 8.19. The molecule has 0 saturated heterocycles. The summed E-state index contributed by atoms with van der Waals surface area (Å²) in [5.41, 5.74) is 0.526. The molecule has 2 aromatic rings. The summed E-state index contributed by atoms with van der Waals surface area (Å²) in [6, 6.07) is 9.44. The first-order valence-corrected chi connectivity index (χ1v) is 5.02. The normalized spacial score (nSPS) is 10.3. The Morgan fingerprint density at radius 1 is 1.06 bits per heavy atom. The largest absolute Gasteiger partial charge is 0.454 e. The van der Waals surface area contributed by atoms with Crippen molar-refractivity contribution >= 4 is 0 Å². The van der Waals surface area contributed by atoms with Crippen molar-refractivity contribution in [2.75, 3.05) is 0 Å². The van der Waals surface area contributed by atoms with Crippen molar-refractivity contribution in [1.29, 1.82) is 0 Å². The maximum Gasteiger partial charge on any atom is 0.165 e. The van der Waals surface area contributed by atoms with Gasteiger partial charge < -0.3 is 9.84 Å². The van der Waals surface area contributed by atoms with E-state index >= 15 is 0 Å². The number of aliphatic hydroxyl groups excluding tert-OH is 1. The van der Waals surface area contributed by atoms with E-state index in [4.69, 9.17) is 9.84 Å². The number of hydrogen-bond donors (Lipinski definition) is 1. The average Bonchev–Trinajstić information content (AvgIpc) is 2.32. The Balaban J connectivity index is 2.29. The Hall–Kier alpha value is -1.94. The molecule has 0 radical (unpaired) electrons. The maximum atomic E-state index is 13.4. The fraction of sp³-hybridized carbons (Fsp3) is 0.0769. The summed E-state index contributed by atoms with van der Waals surface area (Å²) >= 11 is 0. The van der Waals surface area contributed by atoms with Crippen molar-refractivity contribution in [1.82, 2.24) is 0 Å². The molecule has 0 amide bonds. The molecular weight excluding hydrogens is 226 g/mol. The second-order valence-corrected chi connectivity index (χ2v) is 3.48. The highest BCUT2D eigenvalue weighted by atomic mass is 19.1. The molecule has 0 saturated carbocycles. The van der Waals surface area contributed by atoms with Gasteiger partial charge in [0.05, 0.1) is 6.61 Å². The minimum absolute atomic E-state index is 0.0397. The van der Waals surface area contributed by atoms with E-state index in [1.807, 2.05) is 0 Å². The number of aliphatic hydroxyl groups is 1. The Morgan fingerprint density at radius 3 is 2.59 bits per heavy atom. The van der Waals surface area contributed by atoms with Crippen LogP contribution in [0.3, 0.4) is 0 Å². The molecule has 17 heavy (non-hydrogen) atoms. The van der Waals surface area contributed by atoms with Crippen LogP contribution in [0.4, 0.5) is 8.78 Å². The van der Waals surface area contributed by atoms with Gasteiger partial charge in [0.25, 0.3) is 0 Å². The quantitative estimate of drug-likeness (QED) is 0.886. The summed E-state index contributed by atoms with van der Waals surface area (Å²) in [6.07, 6.45) is 0. The fourth-order valence-electron chi connectivity index (χ4n) is 1.38. The van der Waals surface area contributed by atoms with Crippen LogP contribution in [0.25, 0.3) is 0 Å². The number of halogens is 2. The Kier molecular flexibility index (Phi) is 3.35. The molecule has 0 aliphatic rings. The van der Waals surface area contributed by atoms with Gasteiger partial charge in [0, 0.05) is 6.07 Å². The van der Waals surface area contributed by atoms with E-state index in [-0.39, 0.29) is 18.1 Å². The lowest BCUT2D eigenvalue weighted by Crippen LogP contribution is -1.91. The van der Waals surface area contributed by atoms with Crippen LogP contribution >= 0.6 is 0 Å². The topological polar surface area (TPSA) is 29.5 Å². The van der Waals surface area contributed by atoms with E-state index < -0.39 is 11.6 Å². The van der Waals surface area contributed by atoms with E-state index in [0.29, 0.717) is 5.56 Å². The van der Waals surface area contributed by atoms with Gasteiger partial charge in [0.1, 0.15) is 11.6 Å². The Bertz CT molecular complexity index is 527. The zero-order valence-electron chi connectivity index (χ0n) is 8.86. The lowest BCUT2D eigenvalue weighted by Gasteiger charge is -2.08. The number of benzene rings is 2. The third-order valence-corrected chi connectivity index (χ3v) is 2.20. The molecule has 4 heteroatoms. The van der Waals surface area contributed by atoms with Crippen molar-refractivity contribution in [3.63, 3.8) is 0 Å². The predicted molar refractivity (Wildman–Crippen MR) is 58.8 cm³/mol. The summed E-state index contributed by atoms with van der Waals surface area (Å²) in [6.45, 7) is -0.209. The van der Waals surface area contributed by atoms with E-state index in [9.17, 15) is 8.78 Å². The first-order valence-electron chi connectivity index (χ1n) is 5.02. The highest BCUT2D eigenvalue weighted by molar-refractivity contribution is 5.35. The van der Waals surface area contributed by atoms with E-state index in [1.54, 1.807) is 0 Å². The molecule has 0 spiro atoms. The van der Waals surface area contributed by atoms with Crippen LogP contribution in [0.2, 0.25) is 0 Å². The van der Waals surface area contributed by atoms with Gasteiger partial charge in [-0.2, -0.15) is 0 Å². The van der Waals surface area contributed by atoms with Crippen LogP contribution in [0.1, 0.15) is 5.56 Å². The minimum atomic E-state index is -0.563. The van der Waals surface area contributed by atoms with E-state index in [2.05, 4.69) is 0 Å². The van der Waals surface area contributed by atoms with Crippen molar-refractivity contribution in [3.05, 3.63) is 59.7 Å². The fourth-order valence-corrected chi connectivity index (χ4v) is 1.38. The Labute approximate surface area is 97.1 Å². The number of ether oxygens (including phenoxy) is 1. The highest BCUT2D eigenvalue weighted by Gasteiger charge is 2.06. The van der Waals surface area contributed by atoms with Gasteiger partial charge in [-0.05, 0) is 29.8 Å². The van der Waals surface area contributed by atoms with Gasteiger partial charge >= 0.3 is 0 Å². The van der Waals surface area contributed by atoms with Crippen LogP contribution in [-0.2, 0) is 6.61 Å². The summed E-state index contributed by atoms with van der Waals surface area (Å²) in [7, 11) is 0. The molecule has 0 aromatic heterocycles. The molecule has 2 aromatic carbocycles. The van der Waals surface area contributed by atoms with Crippen LogP contribution in [0.5, 0.6) is 11.5 Å². The molecular formula is C13H10F2O2. The van der Waals surface area contributed by atoms with Crippen molar-refractivity contribution in [3.8, 4) is 11.5 Å². The predicted octanol–water partition coefficient (Wildman–Crippen LogP) is 3.25. The van der Waals surface area contributed by atoms with E-state index in [1.165, 1.54) is 36.4 Å². The molecule has 88 valence electrons. The standard InChI is InChI=1S/C13H10F2O2/c14-10-2-1-3-11(7-10)17-13-6-9(8-16)4-5-12(13)15/h1-7,16H,8H2. The van der Waals surface area contributed by atoms with Crippen molar-refractivity contribution in [2.24, 2.45) is 0 Å². The van der Waals surface area contributed by atoms with Crippen LogP contribution in [-0.4, -0.2) is 5.11 Å². The number of rotatable bonds is 3. The number of hydrogen-bond acceptors (Lipinski definition) is 2. The molecule has 0 bridgehead atoms. The Morgan fingerprint density at radius 2 is 1.88 bits per heavy atom. The molecule has 1 N–H and O–H groups in total. The molecule has 0 unspecified atom stereocenters. The SMILES string of the molecule is OCc1ccc(F)c(Oc2cccc(F)c2)c1.